The average molecular weight is 480 g/mol. The highest BCUT2D eigenvalue weighted by molar-refractivity contribution is 6.00. The summed E-state index contributed by atoms with van der Waals surface area (Å²) >= 11 is 0. The number of nitrogens with one attached hydrogen (secondary N) is 2. The van der Waals surface area contributed by atoms with Gasteiger partial charge in [-0.3, -0.25) is 14.4 Å². The Morgan fingerprint density at radius 3 is 2.69 bits per heavy atom. The largest absolute Gasteiger partial charge is 0.484 e. The molecule has 2 aliphatic heterocycles. The van der Waals surface area contributed by atoms with Gasteiger partial charge in [0.25, 0.3) is 5.91 Å². The summed E-state index contributed by atoms with van der Waals surface area (Å²) in [4.78, 5) is 39.1. The van der Waals surface area contributed by atoms with Crippen molar-refractivity contribution in [3.8, 4) is 5.75 Å². The minimum Gasteiger partial charge on any atom is -0.484 e. The molecule has 186 valence electrons. The molecule has 2 N–H and O–H groups in total. The topological polar surface area (TPSA) is 97.0 Å². The zero-order valence-electron chi connectivity index (χ0n) is 20.3. The molecule has 0 unspecified atom stereocenters. The van der Waals surface area contributed by atoms with Gasteiger partial charge in [-0.05, 0) is 61.6 Å². The molecule has 2 heterocycles. The lowest BCUT2D eigenvalue weighted by molar-refractivity contribution is -0.126. The lowest BCUT2D eigenvalue weighted by Gasteiger charge is -2.18. The molecule has 0 aliphatic carbocycles. The molecule has 2 fully saturated rings. The molecule has 8 heteroatoms. The van der Waals surface area contributed by atoms with Crippen LogP contribution in [0.1, 0.15) is 37.3 Å². The fourth-order valence-electron chi connectivity index (χ4n) is 4.55. The Hall–Kier alpha value is -3.39. The van der Waals surface area contributed by atoms with Gasteiger partial charge in [0.2, 0.25) is 11.8 Å². The monoisotopic (exact) mass is 479 g/mol. The van der Waals surface area contributed by atoms with Crippen LogP contribution in [-0.4, -0.2) is 50.1 Å². The van der Waals surface area contributed by atoms with Crippen molar-refractivity contribution in [3.05, 3.63) is 53.6 Å². The van der Waals surface area contributed by atoms with Gasteiger partial charge in [0.1, 0.15) is 5.75 Å². The standard InChI is InChI=1S/C27H33N3O5/c1-3-19-7-4-6-18(2)26(19)29-24(31)17-35-22-11-9-21(10-12-22)30-16-20(14-25(30)32)27(33)28-15-23-8-5-13-34-23/h4,6-7,9-12,20,23H,3,5,8,13-17H2,1-2H3,(H,28,33)(H,29,31)/t20-,23+/m1/s1. The zero-order valence-corrected chi connectivity index (χ0v) is 20.3. The van der Waals surface area contributed by atoms with Gasteiger partial charge in [0.05, 0.1) is 12.0 Å². The van der Waals surface area contributed by atoms with Gasteiger partial charge < -0.3 is 25.0 Å². The number of hydrogen-bond acceptors (Lipinski definition) is 5. The Labute approximate surface area is 206 Å². The van der Waals surface area contributed by atoms with E-state index in [4.69, 9.17) is 9.47 Å². The SMILES string of the molecule is CCc1cccc(C)c1NC(=O)COc1ccc(N2C[C@H](C(=O)NC[C@@H]3CCCO3)CC2=O)cc1. The number of benzene rings is 2. The number of amides is 3. The van der Waals surface area contributed by atoms with Crippen LogP contribution in [-0.2, 0) is 25.5 Å². The van der Waals surface area contributed by atoms with Gasteiger partial charge in [-0.1, -0.05) is 25.1 Å². The van der Waals surface area contributed by atoms with Crippen molar-refractivity contribution in [1.29, 1.82) is 0 Å². The molecule has 2 atom stereocenters. The Morgan fingerprint density at radius 1 is 1.17 bits per heavy atom. The van der Waals surface area contributed by atoms with E-state index in [0.717, 1.165) is 42.7 Å². The van der Waals surface area contributed by atoms with Crippen LogP contribution >= 0.6 is 0 Å². The first kappa shape index (κ1) is 24.7. The molecular formula is C27H33N3O5. The lowest BCUT2D eigenvalue weighted by Crippen LogP contribution is -2.37. The van der Waals surface area contributed by atoms with Crippen molar-refractivity contribution in [2.24, 2.45) is 5.92 Å². The van der Waals surface area contributed by atoms with Crippen molar-refractivity contribution in [2.45, 2.75) is 45.6 Å². The van der Waals surface area contributed by atoms with E-state index in [1.807, 2.05) is 32.0 Å². The normalized spacial score (nSPS) is 19.6. The van der Waals surface area contributed by atoms with E-state index in [0.29, 0.717) is 24.5 Å². The number of carbonyl (C=O) groups excluding carboxylic acids is 3. The molecule has 2 aromatic rings. The highest BCUT2D eigenvalue weighted by atomic mass is 16.5. The number of carbonyl (C=O) groups is 3. The van der Waals surface area contributed by atoms with Crippen LogP contribution in [0, 0.1) is 12.8 Å². The highest BCUT2D eigenvalue weighted by Gasteiger charge is 2.35. The Balaban J connectivity index is 1.27. The van der Waals surface area contributed by atoms with Crippen molar-refractivity contribution in [3.63, 3.8) is 0 Å². The van der Waals surface area contributed by atoms with Crippen LogP contribution < -0.4 is 20.3 Å². The maximum absolute atomic E-state index is 12.5. The first-order chi connectivity index (χ1) is 16.9. The third-order valence-corrected chi connectivity index (χ3v) is 6.55. The molecule has 2 saturated heterocycles. The minimum atomic E-state index is -0.377. The van der Waals surface area contributed by atoms with E-state index >= 15 is 0 Å². The first-order valence-corrected chi connectivity index (χ1v) is 12.3. The fraction of sp³-hybridized carbons (Fsp3) is 0.444. The molecule has 2 aromatic carbocycles. The van der Waals surface area contributed by atoms with E-state index in [1.165, 1.54) is 0 Å². The molecule has 0 aromatic heterocycles. The van der Waals surface area contributed by atoms with Gasteiger partial charge in [-0.15, -0.1) is 0 Å². The number of anilines is 2. The van der Waals surface area contributed by atoms with Gasteiger partial charge in [-0.25, -0.2) is 0 Å². The number of rotatable bonds is 9. The molecule has 4 rings (SSSR count). The molecule has 0 spiro atoms. The summed E-state index contributed by atoms with van der Waals surface area (Å²) in [6.07, 6.45) is 3.07. The van der Waals surface area contributed by atoms with E-state index in [1.54, 1.807) is 29.2 Å². The molecule has 35 heavy (non-hydrogen) atoms. The van der Waals surface area contributed by atoms with Crippen LogP contribution in [0.4, 0.5) is 11.4 Å². The van der Waals surface area contributed by atoms with Crippen molar-refractivity contribution >= 4 is 29.1 Å². The molecule has 0 radical (unpaired) electrons. The molecular weight excluding hydrogens is 446 g/mol. The van der Waals surface area contributed by atoms with Crippen LogP contribution in [0.15, 0.2) is 42.5 Å². The second kappa shape index (κ2) is 11.4. The van der Waals surface area contributed by atoms with Crippen LogP contribution in [0.5, 0.6) is 5.75 Å². The van der Waals surface area contributed by atoms with Crippen molar-refractivity contribution < 1.29 is 23.9 Å². The number of nitrogens with zero attached hydrogens (tertiary/aromatic N) is 1. The summed E-state index contributed by atoms with van der Waals surface area (Å²) in [5, 5.41) is 5.87. The van der Waals surface area contributed by atoms with E-state index in [-0.39, 0.29) is 42.8 Å². The molecule has 0 saturated carbocycles. The van der Waals surface area contributed by atoms with Gasteiger partial charge in [0.15, 0.2) is 6.61 Å². The third-order valence-electron chi connectivity index (χ3n) is 6.55. The smallest absolute Gasteiger partial charge is 0.262 e. The van der Waals surface area contributed by atoms with Crippen LogP contribution in [0.2, 0.25) is 0 Å². The Bertz CT molecular complexity index is 1060. The summed E-state index contributed by atoms with van der Waals surface area (Å²) in [5.74, 6) is -0.271. The quantitative estimate of drug-likeness (QED) is 0.576. The first-order valence-electron chi connectivity index (χ1n) is 12.3. The van der Waals surface area contributed by atoms with Gasteiger partial charge in [0, 0.05) is 37.5 Å². The zero-order chi connectivity index (χ0) is 24.8. The lowest BCUT2D eigenvalue weighted by atomic mass is 10.1. The van der Waals surface area contributed by atoms with Crippen LogP contribution in [0.3, 0.4) is 0 Å². The number of para-hydroxylation sites is 1. The van der Waals surface area contributed by atoms with Crippen molar-refractivity contribution in [2.75, 3.05) is 36.5 Å². The number of aryl methyl sites for hydroxylation is 2. The second-order valence-corrected chi connectivity index (χ2v) is 9.08. The van der Waals surface area contributed by atoms with E-state index in [2.05, 4.69) is 10.6 Å². The molecule has 2 aliphatic rings. The fourth-order valence-corrected chi connectivity index (χ4v) is 4.55. The second-order valence-electron chi connectivity index (χ2n) is 9.08. The maximum Gasteiger partial charge on any atom is 0.262 e. The van der Waals surface area contributed by atoms with Gasteiger partial charge in [-0.2, -0.15) is 0 Å². The Morgan fingerprint density at radius 2 is 1.97 bits per heavy atom. The predicted octanol–water partition coefficient (Wildman–Crippen LogP) is 3.22. The third kappa shape index (κ3) is 6.19. The predicted molar refractivity (Wildman–Crippen MR) is 134 cm³/mol. The summed E-state index contributed by atoms with van der Waals surface area (Å²) < 4.78 is 11.2. The average Bonchev–Trinajstić information content (AvgIpc) is 3.52. The molecule has 3 amide bonds. The summed E-state index contributed by atoms with van der Waals surface area (Å²) in [5.41, 5.74) is 3.63. The van der Waals surface area contributed by atoms with E-state index < -0.39 is 0 Å². The Kier molecular flexibility index (Phi) is 8.02. The molecule has 0 bridgehead atoms. The number of hydrogen-bond donors (Lipinski definition) is 2. The van der Waals surface area contributed by atoms with Crippen LogP contribution in [0.25, 0.3) is 0 Å². The highest BCUT2D eigenvalue weighted by Crippen LogP contribution is 2.27. The minimum absolute atomic E-state index is 0.0761. The summed E-state index contributed by atoms with van der Waals surface area (Å²) in [6.45, 7) is 5.47. The summed E-state index contributed by atoms with van der Waals surface area (Å²) in [6, 6.07) is 12.9. The van der Waals surface area contributed by atoms with Gasteiger partial charge >= 0.3 is 0 Å². The number of ether oxygens (including phenoxy) is 2. The molecule has 8 nitrogen and oxygen atoms in total. The summed E-state index contributed by atoms with van der Waals surface area (Å²) in [7, 11) is 0. The maximum atomic E-state index is 12.5. The van der Waals surface area contributed by atoms with Crippen molar-refractivity contribution in [1.82, 2.24) is 5.32 Å². The van der Waals surface area contributed by atoms with E-state index in [9.17, 15) is 14.4 Å².